The minimum absolute atomic E-state index is 0.0116. The maximum atomic E-state index is 14.1. The summed E-state index contributed by atoms with van der Waals surface area (Å²) < 4.78 is 58.8. The average Bonchev–Trinajstić information content (AvgIpc) is 3.38. The van der Waals surface area contributed by atoms with Crippen LogP contribution >= 0.6 is 0 Å². The van der Waals surface area contributed by atoms with Crippen molar-refractivity contribution < 1.29 is 138 Å². The van der Waals surface area contributed by atoms with Gasteiger partial charge in [0.15, 0.2) is 25.2 Å². The molecule has 0 unspecified atom stereocenters. The van der Waals surface area contributed by atoms with Gasteiger partial charge < -0.3 is 139 Å². The van der Waals surface area contributed by atoms with Crippen LogP contribution in [0.15, 0.2) is 30.3 Å². The third-order valence-corrected chi connectivity index (χ3v) is 13.3. The summed E-state index contributed by atoms with van der Waals surface area (Å²) in [7, 11) is 0. The van der Waals surface area contributed by atoms with Gasteiger partial charge in [-0.1, -0.05) is 18.2 Å². The van der Waals surface area contributed by atoms with Crippen LogP contribution in [0.4, 0.5) is 0 Å². The van der Waals surface area contributed by atoms with Crippen LogP contribution in [0.2, 0.25) is 0 Å². The Bertz CT molecular complexity index is 1970. The number of carboxylic acids is 1. The van der Waals surface area contributed by atoms with E-state index < -0.39 is 210 Å². The first kappa shape index (κ1) is 59.9. The Morgan fingerprint density at radius 3 is 1.81 bits per heavy atom. The van der Waals surface area contributed by atoms with Crippen molar-refractivity contribution in [3.05, 3.63) is 35.9 Å². The number of nitrogens with one attached hydrogen (secondary N) is 2. The smallest absolute Gasteiger partial charge is 0.251 e. The van der Waals surface area contributed by atoms with Crippen molar-refractivity contribution in [1.82, 2.24) is 10.6 Å². The van der Waals surface area contributed by atoms with Crippen LogP contribution < -0.4 is 15.7 Å². The molecule has 1 aromatic rings. The molecule has 0 saturated carbocycles. The highest BCUT2D eigenvalue weighted by Gasteiger charge is 2.60. The number of rotatable bonds is 20. The molecule has 5 saturated heterocycles. The standard InChI is InChI=1S/C44H68N2O28/c1-4-65-40-31(60)36(27(56)20(12-48)67-40)72-39-24(46-38(62)17-8-6-5-7-9-17)35(71-41-30(59)29(58)25(54)15(2)66-41)33(22(14-50)69-39)70-42-32(61)37(28(57)21(13-49)68-42)74-44(43(63)64)10-18(52)23(45-16(3)51)34(73-44)26(55)19(53)11-47/h5-9,15,18-37,39-42,47-50,52-61H,4,10-14H2,1-3H3,(H,45,51)(H,46,62)(H,63,64)/p-1/t15-,18+,19+,20-,21-,22-,23+,24-,25+,26+,27-,28-,29-,30-,31-,32-,33+,34+,35+,36-,37-,39-,40+,41-,42-,44-/m0/s1. The highest BCUT2D eigenvalue weighted by atomic mass is 16.8. The van der Waals surface area contributed by atoms with Gasteiger partial charge in [-0.15, -0.1) is 0 Å². The van der Waals surface area contributed by atoms with Gasteiger partial charge in [0, 0.05) is 25.5 Å². The molecule has 2 amide bonds. The van der Waals surface area contributed by atoms with Gasteiger partial charge in [-0.25, -0.2) is 0 Å². The lowest BCUT2D eigenvalue weighted by molar-refractivity contribution is -0.414. The zero-order chi connectivity index (χ0) is 54.5. The molecule has 16 N–H and O–H groups in total. The Hall–Kier alpha value is -3.33. The van der Waals surface area contributed by atoms with Gasteiger partial charge in [0.25, 0.3) is 5.91 Å². The van der Waals surface area contributed by atoms with E-state index in [0.29, 0.717) is 0 Å². The lowest BCUT2D eigenvalue weighted by Gasteiger charge is -2.53. The lowest BCUT2D eigenvalue weighted by Crippen LogP contribution is -2.73. The molecule has 422 valence electrons. The summed E-state index contributed by atoms with van der Waals surface area (Å²) in [6, 6.07) is 3.79. The van der Waals surface area contributed by atoms with E-state index in [2.05, 4.69) is 10.6 Å². The third-order valence-electron chi connectivity index (χ3n) is 13.3. The quantitative estimate of drug-likeness (QED) is 0.0576. The van der Waals surface area contributed by atoms with Gasteiger partial charge >= 0.3 is 0 Å². The van der Waals surface area contributed by atoms with Crippen molar-refractivity contribution in [2.45, 2.75) is 186 Å². The minimum Gasteiger partial charge on any atom is -0.544 e. The number of carbonyl (C=O) groups is 3. The summed E-state index contributed by atoms with van der Waals surface area (Å²) in [5.74, 6) is -7.38. The molecule has 30 nitrogen and oxygen atoms in total. The van der Waals surface area contributed by atoms with Crippen LogP contribution in [0.5, 0.6) is 0 Å². The normalized spacial score (nSPS) is 43.7. The van der Waals surface area contributed by atoms with E-state index in [-0.39, 0.29) is 12.2 Å². The van der Waals surface area contributed by atoms with Gasteiger partial charge in [0.05, 0.1) is 44.7 Å². The molecule has 74 heavy (non-hydrogen) atoms. The average molecular weight is 1070 g/mol. The zero-order valence-electron chi connectivity index (χ0n) is 40.0. The van der Waals surface area contributed by atoms with E-state index in [4.69, 9.17) is 47.4 Å². The van der Waals surface area contributed by atoms with Crippen molar-refractivity contribution in [2.24, 2.45) is 0 Å². The minimum atomic E-state index is -3.32. The number of aliphatic hydroxyl groups is 14. The molecule has 5 fully saturated rings. The molecule has 5 aliphatic heterocycles. The van der Waals surface area contributed by atoms with E-state index >= 15 is 0 Å². The number of amides is 2. The number of carbonyl (C=O) groups excluding carboxylic acids is 3. The van der Waals surface area contributed by atoms with Crippen LogP contribution in [0.1, 0.15) is 37.6 Å². The Kier molecular flexibility index (Phi) is 21.0. The summed E-state index contributed by atoms with van der Waals surface area (Å²) in [6.45, 7) is -0.445. The summed E-state index contributed by atoms with van der Waals surface area (Å²) in [4.78, 5) is 39.3. The number of aliphatic hydroxyl groups excluding tert-OH is 14. The van der Waals surface area contributed by atoms with E-state index in [1.807, 2.05) is 0 Å². The number of hydrogen-bond acceptors (Lipinski definition) is 28. The fraction of sp³-hybridized carbons (Fsp3) is 0.795. The Morgan fingerprint density at radius 2 is 1.23 bits per heavy atom. The van der Waals surface area contributed by atoms with Crippen LogP contribution in [-0.2, 0) is 57.0 Å². The summed E-state index contributed by atoms with van der Waals surface area (Å²) >= 11 is 0. The number of benzene rings is 1. The van der Waals surface area contributed by atoms with Crippen LogP contribution in [0.25, 0.3) is 0 Å². The van der Waals surface area contributed by atoms with Crippen molar-refractivity contribution in [2.75, 3.05) is 33.0 Å². The highest BCUT2D eigenvalue weighted by Crippen LogP contribution is 2.40. The van der Waals surface area contributed by atoms with Crippen molar-refractivity contribution >= 4 is 17.8 Å². The number of aliphatic carboxylic acids is 1. The number of ether oxygens (including phenoxy) is 10. The molecule has 26 atom stereocenters. The maximum Gasteiger partial charge on any atom is 0.251 e. The van der Waals surface area contributed by atoms with E-state index in [9.17, 15) is 91.0 Å². The molecule has 5 aliphatic rings. The summed E-state index contributed by atoms with van der Waals surface area (Å²) in [5.41, 5.74) is -0.0116. The maximum absolute atomic E-state index is 14.1. The molecule has 5 heterocycles. The Balaban J connectivity index is 1.42. The molecule has 0 aliphatic carbocycles. The fourth-order valence-corrected chi connectivity index (χ4v) is 9.34. The molecule has 1 aromatic carbocycles. The lowest BCUT2D eigenvalue weighted by atomic mass is 9.88. The summed E-state index contributed by atoms with van der Waals surface area (Å²) in [5, 5.41) is 170. The summed E-state index contributed by atoms with van der Waals surface area (Å²) in [6.07, 6.45) is -46.3. The highest BCUT2D eigenvalue weighted by molar-refractivity contribution is 5.94. The third kappa shape index (κ3) is 12.8. The molecule has 0 spiro atoms. The predicted molar refractivity (Wildman–Crippen MR) is 232 cm³/mol. The van der Waals surface area contributed by atoms with E-state index in [1.165, 1.54) is 31.2 Å². The molecule has 0 bridgehead atoms. The Labute approximate surface area is 421 Å². The molecular formula is C44H67N2O28-. The van der Waals surface area contributed by atoms with Crippen LogP contribution in [0.3, 0.4) is 0 Å². The van der Waals surface area contributed by atoms with Crippen molar-refractivity contribution in [1.29, 1.82) is 0 Å². The molecule has 0 radical (unpaired) electrons. The van der Waals surface area contributed by atoms with Gasteiger partial charge in [-0.05, 0) is 26.0 Å². The molecule has 30 heteroatoms. The van der Waals surface area contributed by atoms with Gasteiger partial charge in [-0.3, -0.25) is 9.59 Å². The molecular weight excluding hydrogens is 1000 g/mol. The van der Waals surface area contributed by atoms with E-state index in [0.717, 1.165) is 6.92 Å². The fourth-order valence-electron chi connectivity index (χ4n) is 9.34. The van der Waals surface area contributed by atoms with Gasteiger partial charge in [0.2, 0.25) is 11.7 Å². The van der Waals surface area contributed by atoms with Gasteiger partial charge in [0.1, 0.15) is 116 Å². The predicted octanol–water partition coefficient (Wildman–Crippen LogP) is -10.4. The van der Waals surface area contributed by atoms with Crippen molar-refractivity contribution in [3.63, 3.8) is 0 Å². The second-order valence-electron chi connectivity index (χ2n) is 18.4. The first-order valence-electron chi connectivity index (χ1n) is 23.7. The topological polar surface area (TPSA) is 474 Å². The van der Waals surface area contributed by atoms with Crippen LogP contribution in [0, 0.1) is 0 Å². The van der Waals surface area contributed by atoms with Gasteiger partial charge in [-0.2, -0.15) is 0 Å². The van der Waals surface area contributed by atoms with Crippen molar-refractivity contribution in [3.8, 4) is 0 Å². The first-order chi connectivity index (χ1) is 35.1. The first-order valence-corrected chi connectivity index (χ1v) is 23.7. The second kappa shape index (κ2) is 25.9. The SMILES string of the molecule is CCO[C@@H]1O[C@@H](CO)[C@H](O)[C@H](O[C@@H]2O[C@@H](CO)[C@@H](O[C@@H]3O[C@@H](CO)[C@H](O)[C@H](O[C@]4(C(=O)[O-])C[C@@H](O)[C@@H](NC(C)=O)[C@H]([C@H](O)[C@H](O)CO)O4)[C@@H]3O)[C@H](O[C@@H]3O[C@@H](C)[C@@H](O)[C@H](O)[C@@H]3O)[C@@H]2NC(=O)c2ccccc2)[C@@H]1O. The number of hydrogen-bond donors (Lipinski definition) is 16. The zero-order valence-corrected chi connectivity index (χ0v) is 40.0. The molecule has 6 rings (SSSR count). The second-order valence-corrected chi connectivity index (χ2v) is 18.4. The van der Waals surface area contributed by atoms with E-state index in [1.54, 1.807) is 13.0 Å². The molecule has 0 aromatic heterocycles. The largest absolute Gasteiger partial charge is 0.544 e. The van der Waals surface area contributed by atoms with Crippen LogP contribution in [-0.4, -0.2) is 281 Å². The monoisotopic (exact) mass is 1070 g/mol. The Morgan fingerprint density at radius 1 is 0.676 bits per heavy atom. The number of carboxylic acid groups (broad SMARTS) is 1.